The number of hydrogen-bond acceptors (Lipinski definition) is 3. The minimum Gasteiger partial charge on any atom is -0.381 e. The number of hydrogen-bond donors (Lipinski definition) is 1. The van der Waals surface area contributed by atoms with Crippen LogP contribution in [0.4, 0.5) is 0 Å². The number of aliphatic hydroxyl groups excluding tert-OH is 1. The molecule has 3 heteroatoms. The lowest BCUT2D eigenvalue weighted by Gasteiger charge is -2.08. The standard InChI is InChI=1S/C20H28O3/c1-12-6-8-15-16(20(15,4)5)10-14(3)19(23)18(22)11-13(2)17(21)9-7-12/h7,10-11,15-16,18,22H,6,8-9H2,1-5H3/b12-7+,13-11+,14-10+/t15-,16+,18-/m0/s1. The van der Waals surface area contributed by atoms with Crippen LogP contribution in [-0.4, -0.2) is 22.8 Å². The van der Waals surface area contributed by atoms with Gasteiger partial charge in [-0.15, -0.1) is 0 Å². The molecular formula is C20H28O3. The average Bonchev–Trinajstić information content (AvgIpc) is 3.00. The van der Waals surface area contributed by atoms with E-state index in [-0.39, 0.29) is 17.0 Å². The van der Waals surface area contributed by atoms with E-state index in [1.165, 1.54) is 11.6 Å². The molecule has 0 bridgehead atoms. The Morgan fingerprint density at radius 2 is 1.74 bits per heavy atom. The van der Waals surface area contributed by atoms with Crippen LogP contribution in [0.2, 0.25) is 0 Å². The predicted octanol–water partition coefficient (Wildman–Crippen LogP) is 3.78. The van der Waals surface area contributed by atoms with Crippen LogP contribution in [0.5, 0.6) is 0 Å². The van der Waals surface area contributed by atoms with E-state index in [1.54, 1.807) is 13.8 Å². The SMILES string of the molecule is C/C1=C\CC(=O)/C(C)=C/[C@H](O)C(=O)/C(C)=C/[C@@H]2[C@H](CC1)C2(C)C. The average molecular weight is 316 g/mol. The lowest BCUT2D eigenvalue weighted by atomic mass is 9.99. The van der Waals surface area contributed by atoms with Crippen molar-refractivity contribution in [2.75, 3.05) is 0 Å². The molecule has 0 saturated heterocycles. The molecule has 0 aromatic carbocycles. The molecule has 1 fully saturated rings. The molecule has 1 N–H and O–H groups in total. The van der Waals surface area contributed by atoms with Gasteiger partial charge in [-0.2, -0.15) is 0 Å². The highest BCUT2D eigenvalue weighted by Gasteiger charge is 2.55. The Bertz CT molecular complexity index is 604. The van der Waals surface area contributed by atoms with Gasteiger partial charge in [-0.1, -0.05) is 31.6 Å². The zero-order valence-corrected chi connectivity index (χ0v) is 14.8. The van der Waals surface area contributed by atoms with Crippen molar-refractivity contribution in [3.8, 4) is 0 Å². The Labute approximate surface area is 139 Å². The number of rotatable bonds is 0. The summed E-state index contributed by atoms with van der Waals surface area (Å²) in [5, 5.41) is 10.1. The summed E-state index contributed by atoms with van der Waals surface area (Å²) in [6, 6.07) is 0. The Hall–Kier alpha value is -1.48. The number of ketones is 2. The first-order valence-electron chi connectivity index (χ1n) is 8.42. The molecule has 2 rings (SSSR count). The topological polar surface area (TPSA) is 54.4 Å². The van der Waals surface area contributed by atoms with Crippen molar-refractivity contribution >= 4 is 11.6 Å². The molecule has 2 aliphatic carbocycles. The Kier molecular flexibility index (Phi) is 5.10. The Morgan fingerprint density at radius 3 is 2.39 bits per heavy atom. The van der Waals surface area contributed by atoms with Crippen LogP contribution in [0.3, 0.4) is 0 Å². The maximum atomic E-state index is 12.3. The summed E-state index contributed by atoms with van der Waals surface area (Å²) in [7, 11) is 0. The van der Waals surface area contributed by atoms with E-state index in [2.05, 4.69) is 20.8 Å². The van der Waals surface area contributed by atoms with Gasteiger partial charge in [0.25, 0.3) is 0 Å². The van der Waals surface area contributed by atoms with Crippen molar-refractivity contribution in [3.63, 3.8) is 0 Å². The second kappa shape index (κ2) is 6.56. The summed E-state index contributed by atoms with van der Waals surface area (Å²) in [6.07, 6.45) is 6.54. The molecule has 0 amide bonds. The van der Waals surface area contributed by atoms with Gasteiger partial charge in [0, 0.05) is 6.42 Å². The van der Waals surface area contributed by atoms with Crippen LogP contribution in [0.1, 0.15) is 53.9 Å². The monoisotopic (exact) mass is 316 g/mol. The summed E-state index contributed by atoms with van der Waals surface area (Å²) in [5.74, 6) is 0.602. The molecule has 2 aliphatic rings. The molecule has 0 radical (unpaired) electrons. The molecule has 23 heavy (non-hydrogen) atoms. The maximum absolute atomic E-state index is 12.3. The van der Waals surface area contributed by atoms with E-state index in [4.69, 9.17) is 0 Å². The van der Waals surface area contributed by atoms with Crippen LogP contribution in [0.25, 0.3) is 0 Å². The number of carbonyl (C=O) groups is 2. The highest BCUT2D eigenvalue weighted by Crippen LogP contribution is 2.61. The number of carbonyl (C=O) groups excluding carboxylic acids is 2. The van der Waals surface area contributed by atoms with Crippen LogP contribution in [-0.2, 0) is 9.59 Å². The lowest BCUT2D eigenvalue weighted by molar-refractivity contribution is -0.121. The number of Topliss-reactive ketones (excluding diaryl/α,β-unsaturated/α-hetero) is 2. The largest absolute Gasteiger partial charge is 0.381 e. The molecule has 3 atom stereocenters. The normalized spacial score (nSPS) is 39.0. The molecule has 1 saturated carbocycles. The van der Waals surface area contributed by atoms with Gasteiger partial charge in [0.2, 0.25) is 0 Å². The van der Waals surface area contributed by atoms with Gasteiger partial charge in [0.1, 0.15) is 6.10 Å². The first-order chi connectivity index (χ1) is 10.6. The van der Waals surface area contributed by atoms with Gasteiger partial charge in [-0.3, -0.25) is 9.59 Å². The second-order valence-corrected chi connectivity index (χ2v) is 7.68. The van der Waals surface area contributed by atoms with Crippen molar-refractivity contribution in [2.24, 2.45) is 17.3 Å². The van der Waals surface area contributed by atoms with Crippen LogP contribution in [0.15, 0.2) is 34.9 Å². The third-order valence-corrected chi connectivity index (χ3v) is 5.56. The van der Waals surface area contributed by atoms with Crippen LogP contribution < -0.4 is 0 Å². The van der Waals surface area contributed by atoms with E-state index >= 15 is 0 Å². The van der Waals surface area contributed by atoms with Crippen molar-refractivity contribution in [3.05, 3.63) is 34.9 Å². The number of aliphatic hydroxyl groups is 1. The fourth-order valence-electron chi connectivity index (χ4n) is 3.57. The van der Waals surface area contributed by atoms with Gasteiger partial charge in [-0.05, 0) is 68.1 Å². The molecular weight excluding hydrogens is 288 g/mol. The predicted molar refractivity (Wildman–Crippen MR) is 91.9 cm³/mol. The summed E-state index contributed by atoms with van der Waals surface area (Å²) in [6.45, 7) is 9.96. The second-order valence-electron chi connectivity index (χ2n) is 7.68. The molecule has 126 valence electrons. The van der Waals surface area contributed by atoms with Crippen molar-refractivity contribution in [2.45, 2.75) is 60.0 Å². The smallest absolute Gasteiger partial charge is 0.190 e. The minimum absolute atomic E-state index is 0.0421. The van der Waals surface area contributed by atoms with E-state index < -0.39 is 6.10 Å². The third kappa shape index (κ3) is 3.89. The van der Waals surface area contributed by atoms with Crippen molar-refractivity contribution in [1.82, 2.24) is 0 Å². The molecule has 0 aliphatic heterocycles. The van der Waals surface area contributed by atoms with E-state index in [0.717, 1.165) is 12.8 Å². The number of fused-ring (bicyclic) bond motifs is 1. The first-order valence-corrected chi connectivity index (χ1v) is 8.42. The molecule has 0 aromatic heterocycles. The van der Waals surface area contributed by atoms with E-state index in [0.29, 0.717) is 29.4 Å². The number of allylic oxidation sites excluding steroid dienone is 4. The maximum Gasteiger partial charge on any atom is 0.190 e. The summed E-state index contributed by atoms with van der Waals surface area (Å²) < 4.78 is 0. The fourth-order valence-corrected chi connectivity index (χ4v) is 3.57. The summed E-state index contributed by atoms with van der Waals surface area (Å²) >= 11 is 0. The summed E-state index contributed by atoms with van der Waals surface area (Å²) in [5.41, 5.74) is 2.49. The first kappa shape index (κ1) is 17.9. The molecule has 3 nitrogen and oxygen atoms in total. The van der Waals surface area contributed by atoms with Crippen molar-refractivity contribution in [1.29, 1.82) is 0 Å². The molecule has 0 unspecified atom stereocenters. The lowest BCUT2D eigenvalue weighted by Crippen LogP contribution is -2.20. The molecule has 0 heterocycles. The van der Waals surface area contributed by atoms with Gasteiger partial charge in [0.05, 0.1) is 0 Å². The zero-order chi connectivity index (χ0) is 17.4. The van der Waals surface area contributed by atoms with Gasteiger partial charge < -0.3 is 5.11 Å². The third-order valence-electron chi connectivity index (χ3n) is 5.56. The molecule has 0 spiro atoms. The van der Waals surface area contributed by atoms with Gasteiger partial charge in [0.15, 0.2) is 11.6 Å². The van der Waals surface area contributed by atoms with Crippen molar-refractivity contribution < 1.29 is 14.7 Å². The Balaban J connectivity index is 2.32. The van der Waals surface area contributed by atoms with Gasteiger partial charge >= 0.3 is 0 Å². The summed E-state index contributed by atoms with van der Waals surface area (Å²) in [4.78, 5) is 24.4. The van der Waals surface area contributed by atoms with Crippen LogP contribution >= 0.6 is 0 Å². The Morgan fingerprint density at radius 1 is 1.09 bits per heavy atom. The quantitative estimate of drug-likeness (QED) is 0.692. The van der Waals surface area contributed by atoms with Crippen LogP contribution in [0, 0.1) is 17.3 Å². The fraction of sp³-hybridized carbons (Fsp3) is 0.600. The highest BCUT2D eigenvalue weighted by atomic mass is 16.3. The highest BCUT2D eigenvalue weighted by molar-refractivity contribution is 6.01. The zero-order valence-electron chi connectivity index (χ0n) is 14.8. The molecule has 0 aromatic rings. The minimum atomic E-state index is -1.23. The van der Waals surface area contributed by atoms with E-state index in [1.807, 2.05) is 12.2 Å². The van der Waals surface area contributed by atoms with Gasteiger partial charge in [-0.25, -0.2) is 0 Å². The van der Waals surface area contributed by atoms with E-state index in [9.17, 15) is 14.7 Å².